The highest BCUT2D eigenvalue weighted by Gasteiger charge is 2.06. The van der Waals surface area contributed by atoms with E-state index >= 15 is 0 Å². The number of benzene rings is 1. The van der Waals surface area contributed by atoms with Crippen molar-refractivity contribution in [1.29, 1.82) is 0 Å². The molecule has 1 N–H and O–H groups in total. The van der Waals surface area contributed by atoms with E-state index in [1.165, 1.54) is 4.88 Å². The summed E-state index contributed by atoms with van der Waals surface area (Å²) in [4.78, 5) is 1.40. The molecule has 4 heteroatoms. The standard InChI is InChI=1S/C14H15Cl2NS/c1-10(7-13-3-2-6-18-13)17-9-11-4-5-12(15)8-14(11)16/h2-6,8,10,17H,7,9H2,1H3. The van der Waals surface area contributed by atoms with Crippen LogP contribution in [0, 0.1) is 0 Å². The molecule has 0 fully saturated rings. The Labute approximate surface area is 122 Å². The van der Waals surface area contributed by atoms with Crippen molar-refractivity contribution in [3.8, 4) is 0 Å². The third-order valence-corrected chi connectivity index (χ3v) is 4.23. The lowest BCUT2D eigenvalue weighted by Gasteiger charge is -2.13. The zero-order chi connectivity index (χ0) is 13.0. The van der Waals surface area contributed by atoms with Gasteiger partial charge in [0, 0.05) is 27.5 Å². The minimum absolute atomic E-state index is 0.426. The summed E-state index contributed by atoms with van der Waals surface area (Å²) in [5, 5.41) is 6.98. The third kappa shape index (κ3) is 3.99. The molecule has 2 rings (SSSR count). The highest BCUT2D eigenvalue weighted by atomic mass is 35.5. The highest BCUT2D eigenvalue weighted by molar-refractivity contribution is 7.09. The molecular weight excluding hydrogens is 285 g/mol. The van der Waals surface area contributed by atoms with Crippen LogP contribution in [0.3, 0.4) is 0 Å². The third-order valence-electron chi connectivity index (χ3n) is 2.74. The molecule has 1 unspecified atom stereocenters. The monoisotopic (exact) mass is 299 g/mol. The maximum absolute atomic E-state index is 6.13. The van der Waals surface area contributed by atoms with Crippen molar-refractivity contribution < 1.29 is 0 Å². The van der Waals surface area contributed by atoms with Gasteiger partial charge in [0.15, 0.2) is 0 Å². The van der Waals surface area contributed by atoms with E-state index in [1.807, 2.05) is 12.1 Å². The quantitative estimate of drug-likeness (QED) is 0.838. The van der Waals surface area contributed by atoms with E-state index in [9.17, 15) is 0 Å². The Morgan fingerprint density at radius 3 is 2.78 bits per heavy atom. The van der Waals surface area contributed by atoms with E-state index in [2.05, 4.69) is 29.8 Å². The second-order valence-electron chi connectivity index (χ2n) is 4.30. The molecule has 0 saturated heterocycles. The number of thiophene rings is 1. The molecule has 1 atom stereocenters. The zero-order valence-corrected chi connectivity index (χ0v) is 12.4. The maximum atomic E-state index is 6.13. The van der Waals surface area contributed by atoms with Crippen LogP contribution >= 0.6 is 34.5 Å². The maximum Gasteiger partial charge on any atom is 0.0465 e. The molecule has 0 aliphatic carbocycles. The van der Waals surface area contributed by atoms with Crippen LogP contribution in [-0.4, -0.2) is 6.04 Å². The van der Waals surface area contributed by atoms with Crippen molar-refractivity contribution in [3.63, 3.8) is 0 Å². The molecule has 0 aliphatic rings. The van der Waals surface area contributed by atoms with Gasteiger partial charge in [0.1, 0.15) is 0 Å². The number of hydrogen-bond donors (Lipinski definition) is 1. The Morgan fingerprint density at radius 1 is 1.28 bits per heavy atom. The fourth-order valence-electron chi connectivity index (χ4n) is 1.75. The van der Waals surface area contributed by atoms with Crippen LogP contribution < -0.4 is 5.32 Å². The second-order valence-corrected chi connectivity index (χ2v) is 6.18. The summed E-state index contributed by atoms with van der Waals surface area (Å²) in [5.74, 6) is 0. The number of hydrogen-bond acceptors (Lipinski definition) is 2. The first-order valence-electron chi connectivity index (χ1n) is 5.85. The molecular formula is C14H15Cl2NS. The van der Waals surface area contributed by atoms with Gasteiger partial charge in [-0.15, -0.1) is 11.3 Å². The van der Waals surface area contributed by atoms with Crippen molar-refractivity contribution in [2.45, 2.75) is 25.9 Å². The molecule has 96 valence electrons. The van der Waals surface area contributed by atoms with Gasteiger partial charge in [-0.05, 0) is 42.5 Å². The average Bonchev–Trinajstić information content (AvgIpc) is 2.80. The smallest absolute Gasteiger partial charge is 0.0465 e. The summed E-state index contributed by atoms with van der Waals surface area (Å²) in [6.45, 7) is 2.95. The van der Waals surface area contributed by atoms with Gasteiger partial charge in [0.25, 0.3) is 0 Å². The molecule has 0 radical (unpaired) electrons. The minimum Gasteiger partial charge on any atom is -0.310 e. The largest absolute Gasteiger partial charge is 0.310 e. The van der Waals surface area contributed by atoms with Crippen LogP contribution in [0.1, 0.15) is 17.4 Å². The fourth-order valence-corrected chi connectivity index (χ4v) is 3.06. The molecule has 0 amide bonds. The van der Waals surface area contributed by atoms with E-state index in [0.717, 1.165) is 23.6 Å². The molecule has 2 aromatic rings. The molecule has 0 spiro atoms. The SMILES string of the molecule is CC(Cc1cccs1)NCc1ccc(Cl)cc1Cl. The molecule has 0 aliphatic heterocycles. The van der Waals surface area contributed by atoms with E-state index in [4.69, 9.17) is 23.2 Å². The summed E-state index contributed by atoms with van der Waals surface area (Å²) >= 11 is 13.8. The highest BCUT2D eigenvalue weighted by Crippen LogP contribution is 2.21. The van der Waals surface area contributed by atoms with Crippen LogP contribution in [0.25, 0.3) is 0 Å². The van der Waals surface area contributed by atoms with Crippen LogP contribution in [0.4, 0.5) is 0 Å². The van der Waals surface area contributed by atoms with E-state index in [0.29, 0.717) is 11.1 Å². The van der Waals surface area contributed by atoms with Crippen LogP contribution in [0.15, 0.2) is 35.7 Å². The van der Waals surface area contributed by atoms with E-state index in [-0.39, 0.29) is 0 Å². The molecule has 18 heavy (non-hydrogen) atoms. The summed E-state index contributed by atoms with van der Waals surface area (Å²) in [5.41, 5.74) is 1.08. The second kappa shape index (κ2) is 6.58. The topological polar surface area (TPSA) is 12.0 Å². The number of rotatable bonds is 5. The first kappa shape index (κ1) is 13.9. The van der Waals surface area contributed by atoms with Crippen LogP contribution in [0.2, 0.25) is 10.0 Å². The zero-order valence-electron chi connectivity index (χ0n) is 10.1. The van der Waals surface area contributed by atoms with Gasteiger partial charge in [0.05, 0.1) is 0 Å². The predicted octanol–water partition coefficient (Wildman–Crippen LogP) is 4.78. The van der Waals surface area contributed by atoms with Crippen LogP contribution in [-0.2, 0) is 13.0 Å². The minimum atomic E-state index is 0.426. The molecule has 0 saturated carbocycles. The first-order chi connectivity index (χ1) is 8.65. The van der Waals surface area contributed by atoms with Crippen molar-refractivity contribution >= 4 is 34.5 Å². The Balaban J connectivity index is 1.87. The summed E-state index contributed by atoms with van der Waals surface area (Å²) in [7, 11) is 0. The van der Waals surface area contributed by atoms with Gasteiger partial charge in [-0.3, -0.25) is 0 Å². The lowest BCUT2D eigenvalue weighted by molar-refractivity contribution is 0.549. The summed E-state index contributed by atoms with van der Waals surface area (Å²) < 4.78 is 0. The fraction of sp³-hybridized carbons (Fsp3) is 0.286. The Bertz CT molecular complexity index is 497. The van der Waals surface area contributed by atoms with Gasteiger partial charge < -0.3 is 5.32 Å². The van der Waals surface area contributed by atoms with Crippen molar-refractivity contribution in [1.82, 2.24) is 5.32 Å². The van der Waals surface area contributed by atoms with Crippen LogP contribution in [0.5, 0.6) is 0 Å². The normalized spacial score (nSPS) is 12.6. The Morgan fingerprint density at radius 2 is 2.11 bits per heavy atom. The number of halogens is 2. The lowest BCUT2D eigenvalue weighted by atomic mass is 10.1. The Kier molecular flexibility index (Phi) is 5.07. The molecule has 1 aromatic heterocycles. The summed E-state index contributed by atoms with van der Waals surface area (Å²) in [6, 6.07) is 10.3. The van der Waals surface area contributed by atoms with Crippen molar-refractivity contribution in [2.24, 2.45) is 0 Å². The summed E-state index contributed by atoms with van der Waals surface area (Å²) in [6.07, 6.45) is 1.04. The predicted molar refractivity (Wildman–Crippen MR) is 80.8 cm³/mol. The van der Waals surface area contributed by atoms with Crippen molar-refractivity contribution in [2.75, 3.05) is 0 Å². The van der Waals surface area contributed by atoms with E-state index < -0.39 is 0 Å². The van der Waals surface area contributed by atoms with Gasteiger partial charge in [-0.1, -0.05) is 35.3 Å². The van der Waals surface area contributed by atoms with Gasteiger partial charge in [0.2, 0.25) is 0 Å². The lowest BCUT2D eigenvalue weighted by Crippen LogP contribution is -2.27. The molecule has 1 aromatic carbocycles. The van der Waals surface area contributed by atoms with Gasteiger partial charge in [-0.25, -0.2) is 0 Å². The average molecular weight is 300 g/mol. The molecule has 0 bridgehead atoms. The molecule has 1 nitrogen and oxygen atoms in total. The van der Waals surface area contributed by atoms with Gasteiger partial charge >= 0.3 is 0 Å². The van der Waals surface area contributed by atoms with E-state index in [1.54, 1.807) is 17.4 Å². The molecule has 1 heterocycles. The van der Waals surface area contributed by atoms with Crippen molar-refractivity contribution in [3.05, 3.63) is 56.2 Å². The first-order valence-corrected chi connectivity index (χ1v) is 7.48. The number of nitrogens with one attached hydrogen (secondary N) is 1. The Hall–Kier alpha value is -0.540. The van der Waals surface area contributed by atoms with Gasteiger partial charge in [-0.2, -0.15) is 0 Å².